The highest BCUT2D eigenvalue weighted by molar-refractivity contribution is 5.73. The van der Waals surface area contributed by atoms with Gasteiger partial charge in [0.1, 0.15) is 17.9 Å². The van der Waals surface area contributed by atoms with Crippen molar-refractivity contribution in [2.24, 2.45) is 5.73 Å². The molecule has 0 saturated heterocycles. The maximum atomic E-state index is 11.1. The van der Waals surface area contributed by atoms with E-state index in [1.165, 1.54) is 31.2 Å². The molecule has 2 aromatic rings. The molecule has 0 fully saturated rings. The van der Waals surface area contributed by atoms with E-state index in [1.54, 1.807) is 0 Å². The summed E-state index contributed by atoms with van der Waals surface area (Å²) in [4.78, 5) is 11.1. The Kier molecular flexibility index (Phi) is 11.3. The molecule has 0 spiro atoms. The molecule has 5 N–H and O–H groups in total. The van der Waals surface area contributed by atoms with Gasteiger partial charge < -0.3 is 21.1 Å². The molecule has 2 atom stereocenters. The lowest BCUT2D eigenvalue weighted by Gasteiger charge is -2.06. The molecule has 1 aromatic carbocycles. The molecule has 0 aliphatic rings. The fourth-order valence-corrected chi connectivity index (χ4v) is 3.71. The fourth-order valence-electron chi connectivity index (χ4n) is 3.71. The number of benzene rings is 1. The van der Waals surface area contributed by atoms with Crippen LogP contribution in [0.4, 0.5) is 0 Å². The van der Waals surface area contributed by atoms with Crippen molar-refractivity contribution < 1.29 is 24.7 Å². The van der Waals surface area contributed by atoms with Gasteiger partial charge in [-0.1, -0.05) is 49.6 Å². The van der Waals surface area contributed by atoms with Gasteiger partial charge in [-0.05, 0) is 31.2 Å². The van der Waals surface area contributed by atoms with Crippen LogP contribution in [0.2, 0.25) is 0 Å². The van der Waals surface area contributed by atoms with Gasteiger partial charge in [0.25, 0.3) is 0 Å². The fraction of sp³-hybridized carbons (Fsp3) is 0.583. The summed E-state index contributed by atoms with van der Waals surface area (Å²) >= 11 is 0. The lowest BCUT2D eigenvalue weighted by Crippen LogP contribution is -2.34. The number of nitrogens with two attached hydrogens (primary N) is 1. The van der Waals surface area contributed by atoms with E-state index in [0.717, 1.165) is 31.5 Å². The molecule has 2 rings (SSSR count). The zero-order chi connectivity index (χ0) is 22.5. The van der Waals surface area contributed by atoms with Crippen molar-refractivity contribution in [1.82, 2.24) is 4.57 Å². The first-order valence-corrected chi connectivity index (χ1v) is 11.4. The monoisotopic (exact) mass is 432 g/mol. The largest absolute Gasteiger partial charge is 0.480 e. The molecule has 1 aromatic heterocycles. The van der Waals surface area contributed by atoms with Gasteiger partial charge in [-0.2, -0.15) is 0 Å². The van der Waals surface area contributed by atoms with Gasteiger partial charge >= 0.3 is 5.97 Å². The average molecular weight is 433 g/mol. The van der Waals surface area contributed by atoms with Crippen LogP contribution in [-0.2, 0) is 30.7 Å². The first-order valence-electron chi connectivity index (χ1n) is 11.4. The predicted molar refractivity (Wildman–Crippen MR) is 119 cm³/mol. The number of carbonyl (C=O) groups is 1. The number of hydrogen-bond acceptors (Lipinski definition) is 4. The smallest absolute Gasteiger partial charge is 0.320 e. The number of imidazole rings is 1. The second-order valence-electron chi connectivity index (χ2n) is 8.30. The predicted octanol–water partition coefficient (Wildman–Crippen LogP) is 2.06. The van der Waals surface area contributed by atoms with Gasteiger partial charge in [0, 0.05) is 12.8 Å². The van der Waals surface area contributed by atoms with Crippen molar-refractivity contribution in [3.63, 3.8) is 0 Å². The highest BCUT2D eigenvalue weighted by atomic mass is 16.4. The Morgan fingerprint density at radius 1 is 1.06 bits per heavy atom. The van der Waals surface area contributed by atoms with Crippen molar-refractivity contribution in [2.45, 2.75) is 83.0 Å². The number of aliphatic carboxylic acids is 1. The van der Waals surface area contributed by atoms with Crippen LogP contribution in [0.5, 0.6) is 0 Å². The molecular formula is C24H38N3O4+. The number of carboxylic acid groups (broad SMARTS) is 1. The summed E-state index contributed by atoms with van der Waals surface area (Å²) in [5.41, 5.74) is 8.03. The Balaban J connectivity index is 1.73. The van der Waals surface area contributed by atoms with E-state index in [0.29, 0.717) is 13.0 Å². The standard InChI is InChI=1S/C24H37N3O4/c25-23(24(30)31)16-21-17-26(15-13-22(29)18-28)19-27(21)14-9-4-2-1-3-6-10-20-11-7-5-8-12-20/h5,7-8,11-12,17,19,22-23,28-29H,1-4,6,9-10,13-16,18,25H2/p+1/t22-,23+/m1/s1. The van der Waals surface area contributed by atoms with Crippen molar-refractivity contribution >= 4 is 5.97 Å². The molecule has 0 saturated carbocycles. The number of aliphatic hydroxyl groups is 2. The first-order chi connectivity index (χ1) is 15.0. The summed E-state index contributed by atoms with van der Waals surface area (Å²) < 4.78 is 4.01. The number of hydrogen-bond donors (Lipinski definition) is 4. The molecule has 0 bridgehead atoms. The summed E-state index contributed by atoms with van der Waals surface area (Å²) in [6.45, 7) is 1.12. The van der Waals surface area contributed by atoms with Gasteiger partial charge in [0.2, 0.25) is 6.33 Å². The molecule has 1 heterocycles. The van der Waals surface area contributed by atoms with E-state index in [-0.39, 0.29) is 13.0 Å². The number of rotatable bonds is 16. The third-order valence-corrected chi connectivity index (χ3v) is 5.61. The van der Waals surface area contributed by atoms with Crippen molar-refractivity contribution in [1.29, 1.82) is 0 Å². The maximum absolute atomic E-state index is 11.1. The topological polar surface area (TPSA) is 113 Å². The molecule has 31 heavy (non-hydrogen) atoms. The Morgan fingerprint density at radius 2 is 1.74 bits per heavy atom. The minimum atomic E-state index is -1.01. The Bertz CT molecular complexity index is 763. The summed E-state index contributed by atoms with van der Waals surface area (Å²) in [6, 6.07) is 9.66. The summed E-state index contributed by atoms with van der Waals surface area (Å²) in [5, 5.41) is 27.7. The van der Waals surface area contributed by atoms with E-state index in [4.69, 9.17) is 15.9 Å². The van der Waals surface area contributed by atoms with Gasteiger partial charge in [-0.25, -0.2) is 9.13 Å². The summed E-state index contributed by atoms with van der Waals surface area (Å²) in [5.74, 6) is -1.01. The van der Waals surface area contributed by atoms with E-state index in [1.807, 2.05) is 17.1 Å². The molecule has 0 radical (unpaired) electrons. The highest BCUT2D eigenvalue weighted by Crippen LogP contribution is 2.11. The molecule has 7 nitrogen and oxygen atoms in total. The van der Waals surface area contributed by atoms with Gasteiger partial charge in [-0.3, -0.25) is 4.79 Å². The van der Waals surface area contributed by atoms with E-state index >= 15 is 0 Å². The van der Waals surface area contributed by atoms with Crippen molar-refractivity contribution in [2.75, 3.05) is 6.61 Å². The average Bonchev–Trinajstić information content (AvgIpc) is 3.15. The highest BCUT2D eigenvalue weighted by Gasteiger charge is 2.20. The van der Waals surface area contributed by atoms with E-state index in [2.05, 4.69) is 34.9 Å². The van der Waals surface area contributed by atoms with E-state index < -0.39 is 18.1 Å². The first kappa shape index (κ1) is 25.0. The third kappa shape index (κ3) is 9.63. The zero-order valence-corrected chi connectivity index (χ0v) is 18.4. The number of aliphatic hydroxyl groups excluding tert-OH is 2. The van der Waals surface area contributed by atoms with Gasteiger partial charge in [-0.15, -0.1) is 0 Å². The van der Waals surface area contributed by atoms with Crippen LogP contribution in [0.25, 0.3) is 0 Å². The van der Waals surface area contributed by atoms with Crippen LogP contribution in [0.3, 0.4) is 0 Å². The Labute approximate surface area is 185 Å². The molecule has 0 aliphatic heterocycles. The lowest BCUT2D eigenvalue weighted by atomic mass is 10.0. The van der Waals surface area contributed by atoms with Crippen LogP contribution in [-0.4, -0.2) is 44.6 Å². The Hall–Kier alpha value is -2.22. The SMILES string of the molecule is N[C@@H](Cc1c[n+](CC[C@@H](O)CO)cn1CCCCCCCCc1ccccc1)C(=O)O. The third-order valence-electron chi connectivity index (χ3n) is 5.61. The van der Waals surface area contributed by atoms with Crippen LogP contribution in [0.1, 0.15) is 56.2 Å². The van der Waals surface area contributed by atoms with Crippen LogP contribution >= 0.6 is 0 Å². The number of nitrogens with zero attached hydrogens (tertiary/aromatic N) is 2. The molecule has 0 unspecified atom stereocenters. The molecule has 7 heteroatoms. The normalized spacial score (nSPS) is 13.3. The molecule has 172 valence electrons. The molecular weight excluding hydrogens is 394 g/mol. The minimum absolute atomic E-state index is 0.261. The van der Waals surface area contributed by atoms with Crippen LogP contribution in [0.15, 0.2) is 42.9 Å². The van der Waals surface area contributed by atoms with E-state index in [9.17, 15) is 9.90 Å². The second-order valence-corrected chi connectivity index (χ2v) is 8.30. The van der Waals surface area contributed by atoms with Crippen molar-refractivity contribution in [3.8, 4) is 0 Å². The van der Waals surface area contributed by atoms with Crippen LogP contribution in [0, 0.1) is 0 Å². The number of aromatic nitrogens is 2. The van der Waals surface area contributed by atoms with Crippen LogP contribution < -0.4 is 10.3 Å². The summed E-state index contributed by atoms with van der Waals surface area (Å²) in [6.07, 6.45) is 12.0. The molecule has 0 aliphatic carbocycles. The van der Waals surface area contributed by atoms with Gasteiger partial charge in [0.15, 0.2) is 0 Å². The van der Waals surface area contributed by atoms with Crippen molar-refractivity contribution in [3.05, 3.63) is 54.1 Å². The second kappa shape index (κ2) is 14.0. The van der Waals surface area contributed by atoms with Gasteiger partial charge in [0.05, 0.1) is 25.8 Å². The lowest BCUT2D eigenvalue weighted by molar-refractivity contribution is -0.697. The summed E-state index contributed by atoms with van der Waals surface area (Å²) in [7, 11) is 0. The quantitative estimate of drug-likeness (QED) is 0.240. The zero-order valence-electron chi connectivity index (χ0n) is 18.4. The number of aryl methyl sites for hydroxylation is 3. The number of carboxylic acids is 1. The molecule has 0 amide bonds. The number of unbranched alkanes of at least 4 members (excludes halogenated alkanes) is 5. The maximum Gasteiger partial charge on any atom is 0.320 e. The Morgan fingerprint density at radius 3 is 2.42 bits per heavy atom. The minimum Gasteiger partial charge on any atom is -0.480 e.